The van der Waals surface area contributed by atoms with Crippen molar-refractivity contribution in [1.29, 1.82) is 0 Å². The maximum absolute atomic E-state index is 2.74. The van der Waals surface area contributed by atoms with E-state index in [-0.39, 0.29) is 0 Å². The molecular weight excluding hydrogens is 184 g/mol. The molecule has 2 nitrogen and oxygen atoms in total. The molecule has 0 bridgehead atoms. The molecule has 2 fully saturated rings. The quantitative estimate of drug-likeness (QED) is 0.705. The molecule has 88 valence electrons. The number of rotatable bonds is 3. The summed E-state index contributed by atoms with van der Waals surface area (Å²) in [7, 11) is 2.28. The van der Waals surface area contributed by atoms with Crippen LogP contribution in [0.15, 0.2) is 0 Å². The summed E-state index contributed by atoms with van der Waals surface area (Å²) in [4.78, 5) is 5.27. The zero-order chi connectivity index (χ0) is 10.7. The minimum absolute atomic E-state index is 0.869. The van der Waals surface area contributed by atoms with E-state index in [4.69, 9.17) is 0 Å². The normalized spacial score (nSPS) is 33.8. The molecule has 0 aromatic carbocycles. The summed E-state index contributed by atoms with van der Waals surface area (Å²) in [5.41, 5.74) is 0. The molecule has 2 heteroatoms. The van der Waals surface area contributed by atoms with Gasteiger partial charge in [-0.2, -0.15) is 0 Å². The predicted octanol–water partition coefficient (Wildman–Crippen LogP) is 2.35. The van der Waals surface area contributed by atoms with E-state index in [1.807, 2.05) is 0 Å². The second-order valence-electron chi connectivity index (χ2n) is 5.28. The molecule has 0 aromatic rings. The van der Waals surface area contributed by atoms with Crippen LogP contribution >= 0.6 is 0 Å². The molecule has 0 amide bonds. The van der Waals surface area contributed by atoms with Gasteiger partial charge in [0, 0.05) is 12.1 Å². The summed E-state index contributed by atoms with van der Waals surface area (Å²) < 4.78 is 0. The van der Waals surface area contributed by atoms with Crippen molar-refractivity contribution in [3.05, 3.63) is 0 Å². The number of likely N-dealkylation sites (tertiary alicyclic amines) is 1. The molecule has 1 saturated heterocycles. The lowest BCUT2D eigenvalue weighted by Gasteiger charge is -2.37. The van der Waals surface area contributed by atoms with E-state index in [1.165, 1.54) is 58.2 Å². The first-order chi connectivity index (χ1) is 7.31. The Balaban J connectivity index is 1.76. The molecule has 1 aliphatic carbocycles. The molecule has 0 N–H and O–H groups in total. The highest BCUT2D eigenvalue weighted by molar-refractivity contribution is 4.84. The zero-order valence-corrected chi connectivity index (χ0v) is 10.4. The minimum atomic E-state index is 0.869. The van der Waals surface area contributed by atoms with Crippen LogP contribution in [0.5, 0.6) is 0 Å². The van der Waals surface area contributed by atoms with E-state index >= 15 is 0 Å². The lowest BCUT2D eigenvalue weighted by molar-refractivity contribution is 0.127. The largest absolute Gasteiger partial charge is 0.304 e. The average molecular weight is 210 g/mol. The van der Waals surface area contributed by atoms with E-state index in [0.717, 1.165) is 12.1 Å². The van der Waals surface area contributed by atoms with Crippen LogP contribution in [-0.2, 0) is 0 Å². The van der Waals surface area contributed by atoms with Gasteiger partial charge in [-0.15, -0.1) is 0 Å². The molecule has 1 heterocycles. The van der Waals surface area contributed by atoms with Gasteiger partial charge in [0.2, 0.25) is 0 Å². The molecule has 0 unspecified atom stereocenters. The molecule has 1 aliphatic heterocycles. The highest BCUT2D eigenvalue weighted by Crippen LogP contribution is 2.27. The molecule has 0 atom stereocenters. The van der Waals surface area contributed by atoms with Crippen LogP contribution in [0.1, 0.15) is 45.4 Å². The summed E-state index contributed by atoms with van der Waals surface area (Å²) in [5.74, 6) is 0. The van der Waals surface area contributed by atoms with Crippen molar-refractivity contribution in [3.8, 4) is 0 Å². The third-order valence-electron chi connectivity index (χ3n) is 4.45. The van der Waals surface area contributed by atoms with Crippen molar-refractivity contribution >= 4 is 0 Å². The van der Waals surface area contributed by atoms with Gasteiger partial charge in [0.25, 0.3) is 0 Å². The first-order valence-electron chi connectivity index (χ1n) is 6.75. The molecule has 15 heavy (non-hydrogen) atoms. The second kappa shape index (κ2) is 5.31. The van der Waals surface area contributed by atoms with Crippen LogP contribution in [0.2, 0.25) is 0 Å². The van der Waals surface area contributed by atoms with E-state index in [0.29, 0.717) is 0 Å². The van der Waals surface area contributed by atoms with Crippen molar-refractivity contribution in [2.24, 2.45) is 0 Å². The minimum Gasteiger partial charge on any atom is -0.304 e. The van der Waals surface area contributed by atoms with E-state index in [1.54, 1.807) is 0 Å². The molecular formula is C13H26N2. The summed E-state index contributed by atoms with van der Waals surface area (Å²) in [6.45, 7) is 6.23. The van der Waals surface area contributed by atoms with Crippen molar-refractivity contribution in [1.82, 2.24) is 9.80 Å². The van der Waals surface area contributed by atoms with Gasteiger partial charge in [0.05, 0.1) is 0 Å². The lowest BCUT2D eigenvalue weighted by Crippen LogP contribution is -2.41. The first kappa shape index (κ1) is 11.4. The molecule has 0 radical (unpaired) electrons. The topological polar surface area (TPSA) is 6.48 Å². The highest BCUT2D eigenvalue weighted by atomic mass is 15.2. The van der Waals surface area contributed by atoms with Gasteiger partial charge in [0.15, 0.2) is 0 Å². The van der Waals surface area contributed by atoms with Gasteiger partial charge >= 0.3 is 0 Å². The van der Waals surface area contributed by atoms with Gasteiger partial charge in [-0.1, -0.05) is 6.92 Å². The van der Waals surface area contributed by atoms with Crippen LogP contribution in [0.4, 0.5) is 0 Å². The fourth-order valence-electron chi connectivity index (χ4n) is 3.23. The van der Waals surface area contributed by atoms with Crippen LogP contribution < -0.4 is 0 Å². The van der Waals surface area contributed by atoms with Crippen molar-refractivity contribution in [3.63, 3.8) is 0 Å². The molecule has 1 saturated carbocycles. The van der Waals surface area contributed by atoms with E-state index in [9.17, 15) is 0 Å². The zero-order valence-electron chi connectivity index (χ0n) is 10.4. The van der Waals surface area contributed by atoms with Crippen LogP contribution in [0.25, 0.3) is 0 Å². The SMILES string of the molecule is CCN(C)[C@H]1CC[C@@H](N2CCCC2)CC1. The predicted molar refractivity (Wildman–Crippen MR) is 65.2 cm³/mol. The Kier molecular flexibility index (Phi) is 4.04. The van der Waals surface area contributed by atoms with E-state index < -0.39 is 0 Å². The fourth-order valence-corrected chi connectivity index (χ4v) is 3.23. The number of hydrogen-bond donors (Lipinski definition) is 0. The Hall–Kier alpha value is -0.0800. The Morgan fingerprint density at radius 3 is 2.20 bits per heavy atom. The Labute approximate surface area is 94.6 Å². The van der Waals surface area contributed by atoms with Crippen LogP contribution in [0, 0.1) is 0 Å². The summed E-state index contributed by atoms with van der Waals surface area (Å²) in [6, 6.07) is 1.79. The molecule has 2 rings (SSSR count). The number of nitrogens with zero attached hydrogens (tertiary/aromatic N) is 2. The lowest BCUT2D eigenvalue weighted by atomic mass is 9.89. The van der Waals surface area contributed by atoms with Gasteiger partial charge < -0.3 is 9.80 Å². The fraction of sp³-hybridized carbons (Fsp3) is 1.00. The highest BCUT2D eigenvalue weighted by Gasteiger charge is 2.28. The van der Waals surface area contributed by atoms with E-state index in [2.05, 4.69) is 23.8 Å². The monoisotopic (exact) mass is 210 g/mol. The number of hydrogen-bond acceptors (Lipinski definition) is 2. The molecule has 2 aliphatic rings. The van der Waals surface area contributed by atoms with Gasteiger partial charge in [-0.05, 0) is 65.2 Å². The molecule has 0 aromatic heterocycles. The Morgan fingerprint density at radius 1 is 1.07 bits per heavy atom. The maximum Gasteiger partial charge on any atom is 0.00964 e. The third kappa shape index (κ3) is 2.73. The molecule has 0 spiro atoms. The Bertz CT molecular complexity index is 179. The van der Waals surface area contributed by atoms with Crippen molar-refractivity contribution < 1.29 is 0 Å². The van der Waals surface area contributed by atoms with Crippen molar-refractivity contribution in [2.75, 3.05) is 26.7 Å². The average Bonchev–Trinajstić information content (AvgIpc) is 2.82. The standard InChI is InChI=1S/C13H26N2/c1-3-14(2)12-6-8-13(9-7-12)15-10-4-5-11-15/h12-13H,3-11H2,1-2H3/t12-,13+. The summed E-state index contributed by atoms with van der Waals surface area (Å²) in [5, 5.41) is 0. The third-order valence-corrected chi connectivity index (χ3v) is 4.45. The maximum atomic E-state index is 2.74. The van der Waals surface area contributed by atoms with Crippen molar-refractivity contribution in [2.45, 2.75) is 57.5 Å². The first-order valence-corrected chi connectivity index (χ1v) is 6.75. The second-order valence-corrected chi connectivity index (χ2v) is 5.28. The summed E-state index contributed by atoms with van der Waals surface area (Å²) >= 11 is 0. The van der Waals surface area contributed by atoms with Gasteiger partial charge in [0.1, 0.15) is 0 Å². The van der Waals surface area contributed by atoms with Gasteiger partial charge in [-0.3, -0.25) is 0 Å². The smallest absolute Gasteiger partial charge is 0.00964 e. The van der Waals surface area contributed by atoms with Crippen LogP contribution in [-0.4, -0.2) is 48.6 Å². The van der Waals surface area contributed by atoms with Gasteiger partial charge in [-0.25, -0.2) is 0 Å². The van der Waals surface area contributed by atoms with Crippen LogP contribution in [0.3, 0.4) is 0 Å². The Morgan fingerprint density at radius 2 is 1.67 bits per heavy atom. The summed E-state index contributed by atoms with van der Waals surface area (Å²) in [6.07, 6.45) is 8.60.